The molecule has 0 bridgehead atoms. The summed E-state index contributed by atoms with van der Waals surface area (Å²) in [5.41, 5.74) is -0.155. The zero-order valence-corrected chi connectivity index (χ0v) is 11.6. The van der Waals surface area contributed by atoms with Gasteiger partial charge in [0, 0.05) is 13.1 Å². The summed E-state index contributed by atoms with van der Waals surface area (Å²) in [5, 5.41) is 3.37. The zero-order chi connectivity index (χ0) is 12.8. The predicted octanol–water partition coefficient (Wildman–Crippen LogP) is 2.60. The Kier molecular flexibility index (Phi) is 6.01. The van der Waals surface area contributed by atoms with Crippen molar-refractivity contribution in [3.8, 4) is 0 Å². The average Bonchev–Trinajstić information content (AvgIpc) is 2.15. The Morgan fingerprint density at radius 2 is 1.75 bits per heavy atom. The Morgan fingerprint density at radius 1 is 1.19 bits per heavy atom. The lowest BCUT2D eigenvalue weighted by molar-refractivity contribution is -0.150. The van der Waals surface area contributed by atoms with Crippen molar-refractivity contribution in [1.29, 1.82) is 0 Å². The number of ether oxygens (including phenoxy) is 1. The quantitative estimate of drug-likeness (QED) is 0.682. The molecule has 0 heterocycles. The largest absolute Gasteiger partial charge is 0.469 e. The molecule has 0 spiro atoms. The van der Waals surface area contributed by atoms with Gasteiger partial charge in [0.25, 0.3) is 0 Å². The van der Waals surface area contributed by atoms with Crippen molar-refractivity contribution in [2.45, 2.75) is 47.5 Å². The molecule has 0 unspecified atom stereocenters. The Morgan fingerprint density at radius 3 is 2.19 bits per heavy atom. The first-order valence-electron chi connectivity index (χ1n) is 6.04. The van der Waals surface area contributed by atoms with Gasteiger partial charge in [0.1, 0.15) is 0 Å². The highest BCUT2D eigenvalue weighted by atomic mass is 16.5. The Labute approximate surface area is 99.9 Å². The van der Waals surface area contributed by atoms with E-state index in [2.05, 4.69) is 26.1 Å². The van der Waals surface area contributed by atoms with Gasteiger partial charge >= 0.3 is 5.97 Å². The fraction of sp³-hybridized carbons (Fsp3) is 0.923. The highest BCUT2D eigenvalue weighted by Gasteiger charge is 2.29. The van der Waals surface area contributed by atoms with Crippen molar-refractivity contribution < 1.29 is 9.53 Å². The fourth-order valence-corrected chi connectivity index (χ4v) is 1.83. The molecule has 0 rings (SSSR count). The van der Waals surface area contributed by atoms with Crippen molar-refractivity contribution in [2.24, 2.45) is 10.8 Å². The van der Waals surface area contributed by atoms with Crippen LogP contribution in [0.1, 0.15) is 47.5 Å². The number of rotatable bonds is 7. The van der Waals surface area contributed by atoms with E-state index in [-0.39, 0.29) is 5.97 Å². The summed E-state index contributed by atoms with van der Waals surface area (Å²) >= 11 is 0. The molecule has 16 heavy (non-hydrogen) atoms. The molecule has 0 radical (unpaired) electrons. The van der Waals surface area contributed by atoms with E-state index in [0.29, 0.717) is 12.0 Å². The third kappa shape index (κ3) is 5.50. The Hall–Kier alpha value is -0.570. The van der Waals surface area contributed by atoms with Gasteiger partial charge in [-0.2, -0.15) is 0 Å². The summed E-state index contributed by atoms with van der Waals surface area (Å²) in [6.45, 7) is 12.1. The Balaban J connectivity index is 4.02. The molecule has 0 saturated heterocycles. The van der Waals surface area contributed by atoms with Gasteiger partial charge in [0.15, 0.2) is 0 Å². The van der Waals surface area contributed by atoms with Gasteiger partial charge in [-0.05, 0) is 25.7 Å². The third-order valence-electron chi connectivity index (χ3n) is 2.84. The molecule has 3 nitrogen and oxygen atoms in total. The first-order valence-corrected chi connectivity index (χ1v) is 6.04. The SMILES string of the molecule is CCCC(C)(C)CNCC(C)(C)C(=O)OC. The van der Waals surface area contributed by atoms with Crippen LogP contribution in [0.2, 0.25) is 0 Å². The summed E-state index contributed by atoms with van der Waals surface area (Å²) in [6.07, 6.45) is 2.38. The molecule has 96 valence electrons. The monoisotopic (exact) mass is 229 g/mol. The third-order valence-corrected chi connectivity index (χ3v) is 2.84. The number of carbonyl (C=O) groups is 1. The number of nitrogens with one attached hydrogen (secondary N) is 1. The van der Waals surface area contributed by atoms with Crippen molar-refractivity contribution in [2.75, 3.05) is 20.2 Å². The van der Waals surface area contributed by atoms with Crippen LogP contribution in [0.15, 0.2) is 0 Å². The molecule has 0 aromatic rings. The average molecular weight is 229 g/mol. The maximum atomic E-state index is 11.5. The van der Waals surface area contributed by atoms with Crippen molar-refractivity contribution >= 4 is 5.97 Å². The van der Waals surface area contributed by atoms with Gasteiger partial charge in [-0.1, -0.05) is 27.2 Å². The minimum Gasteiger partial charge on any atom is -0.469 e. The minimum absolute atomic E-state index is 0.159. The first kappa shape index (κ1) is 15.4. The summed E-state index contributed by atoms with van der Waals surface area (Å²) < 4.78 is 4.77. The van der Waals surface area contributed by atoms with E-state index in [1.165, 1.54) is 20.0 Å². The molecule has 0 aliphatic rings. The summed E-state index contributed by atoms with van der Waals surface area (Å²) in [5.74, 6) is -0.159. The molecule has 0 fully saturated rings. The lowest BCUT2D eigenvalue weighted by atomic mass is 9.87. The minimum atomic E-state index is -0.447. The maximum Gasteiger partial charge on any atom is 0.312 e. The van der Waals surface area contributed by atoms with E-state index >= 15 is 0 Å². The maximum absolute atomic E-state index is 11.5. The van der Waals surface area contributed by atoms with Crippen LogP contribution in [-0.4, -0.2) is 26.2 Å². The molecule has 0 aromatic heterocycles. The predicted molar refractivity (Wildman–Crippen MR) is 67.4 cm³/mol. The summed E-state index contributed by atoms with van der Waals surface area (Å²) in [7, 11) is 1.44. The highest BCUT2D eigenvalue weighted by Crippen LogP contribution is 2.22. The molecule has 0 aliphatic heterocycles. The number of hydrogen-bond donors (Lipinski definition) is 1. The van der Waals surface area contributed by atoms with E-state index in [9.17, 15) is 4.79 Å². The van der Waals surface area contributed by atoms with Gasteiger partial charge < -0.3 is 10.1 Å². The molecule has 3 heteroatoms. The van der Waals surface area contributed by atoms with Gasteiger partial charge in [-0.3, -0.25) is 4.79 Å². The van der Waals surface area contributed by atoms with Crippen LogP contribution in [-0.2, 0) is 9.53 Å². The van der Waals surface area contributed by atoms with Crippen molar-refractivity contribution in [1.82, 2.24) is 5.32 Å². The van der Waals surface area contributed by atoms with Gasteiger partial charge in [0.05, 0.1) is 12.5 Å². The second-order valence-corrected chi connectivity index (χ2v) is 5.89. The van der Waals surface area contributed by atoms with E-state index in [0.717, 1.165) is 6.54 Å². The van der Waals surface area contributed by atoms with Crippen LogP contribution in [0.4, 0.5) is 0 Å². The zero-order valence-electron chi connectivity index (χ0n) is 11.6. The Bertz CT molecular complexity index is 222. The summed E-state index contributed by atoms with van der Waals surface area (Å²) in [4.78, 5) is 11.5. The highest BCUT2D eigenvalue weighted by molar-refractivity contribution is 5.76. The lowest BCUT2D eigenvalue weighted by Gasteiger charge is -2.28. The number of methoxy groups -OCH3 is 1. The van der Waals surface area contributed by atoms with Crippen LogP contribution >= 0.6 is 0 Å². The second kappa shape index (κ2) is 6.24. The number of carbonyl (C=O) groups excluding carboxylic acids is 1. The second-order valence-electron chi connectivity index (χ2n) is 5.89. The smallest absolute Gasteiger partial charge is 0.312 e. The molecule has 0 atom stereocenters. The van der Waals surface area contributed by atoms with E-state index in [1.54, 1.807) is 0 Å². The fourth-order valence-electron chi connectivity index (χ4n) is 1.83. The van der Waals surface area contributed by atoms with Crippen LogP contribution in [0.5, 0.6) is 0 Å². The van der Waals surface area contributed by atoms with Gasteiger partial charge in [-0.25, -0.2) is 0 Å². The molecule has 0 aromatic carbocycles. The van der Waals surface area contributed by atoms with Crippen LogP contribution in [0, 0.1) is 10.8 Å². The molecular weight excluding hydrogens is 202 g/mol. The van der Waals surface area contributed by atoms with Crippen LogP contribution < -0.4 is 5.32 Å². The van der Waals surface area contributed by atoms with E-state index in [1.807, 2.05) is 13.8 Å². The van der Waals surface area contributed by atoms with Crippen molar-refractivity contribution in [3.05, 3.63) is 0 Å². The van der Waals surface area contributed by atoms with Crippen LogP contribution in [0.25, 0.3) is 0 Å². The van der Waals surface area contributed by atoms with Gasteiger partial charge in [0.2, 0.25) is 0 Å². The van der Waals surface area contributed by atoms with Gasteiger partial charge in [-0.15, -0.1) is 0 Å². The molecule has 0 amide bonds. The topological polar surface area (TPSA) is 38.3 Å². The number of esters is 1. The standard InChI is InChI=1S/C13H27NO2/c1-7-8-12(2,3)9-14-10-13(4,5)11(15)16-6/h14H,7-10H2,1-6H3. The molecule has 0 aliphatic carbocycles. The van der Waals surface area contributed by atoms with Crippen molar-refractivity contribution in [3.63, 3.8) is 0 Å². The molecule has 1 N–H and O–H groups in total. The first-order chi connectivity index (χ1) is 7.25. The number of hydrogen-bond acceptors (Lipinski definition) is 3. The normalized spacial score (nSPS) is 12.6. The molecule has 0 saturated carbocycles. The van der Waals surface area contributed by atoms with E-state index < -0.39 is 5.41 Å². The lowest BCUT2D eigenvalue weighted by Crippen LogP contribution is -2.40. The summed E-state index contributed by atoms with van der Waals surface area (Å²) in [6, 6.07) is 0. The molecular formula is C13H27NO2. The van der Waals surface area contributed by atoms with Crippen LogP contribution in [0.3, 0.4) is 0 Å². The van der Waals surface area contributed by atoms with E-state index in [4.69, 9.17) is 4.74 Å².